The summed E-state index contributed by atoms with van der Waals surface area (Å²) in [5.74, 6) is 0.679. The summed E-state index contributed by atoms with van der Waals surface area (Å²) in [6.07, 6.45) is 2.51. The van der Waals surface area contributed by atoms with Crippen molar-refractivity contribution < 1.29 is 0 Å². The zero-order valence-corrected chi connectivity index (χ0v) is 11.2. The van der Waals surface area contributed by atoms with Gasteiger partial charge in [-0.2, -0.15) is 0 Å². The number of hydrogen-bond acceptors (Lipinski definition) is 3. The molecule has 3 heteroatoms. The minimum Gasteiger partial charge on any atom is -0.312 e. The van der Waals surface area contributed by atoms with Gasteiger partial charge >= 0.3 is 0 Å². The number of aryl methyl sites for hydroxylation is 2. The van der Waals surface area contributed by atoms with Crippen LogP contribution in [-0.2, 0) is 0 Å². The van der Waals surface area contributed by atoms with Gasteiger partial charge in [0.2, 0.25) is 0 Å². The van der Waals surface area contributed by atoms with E-state index >= 15 is 0 Å². The molecule has 0 fully saturated rings. The average molecular weight is 226 g/mol. The van der Waals surface area contributed by atoms with Crippen molar-refractivity contribution in [1.82, 2.24) is 10.3 Å². The molecule has 1 rings (SSSR count). The molecule has 86 valence electrons. The fraction of sp³-hybridized carbons (Fsp3) is 0.750. The van der Waals surface area contributed by atoms with Crippen LogP contribution in [-0.4, -0.2) is 12.0 Å². The van der Waals surface area contributed by atoms with E-state index in [0.717, 1.165) is 0 Å². The lowest BCUT2D eigenvalue weighted by molar-refractivity contribution is 0.387. The summed E-state index contributed by atoms with van der Waals surface area (Å²) < 4.78 is 0. The Balaban J connectivity index is 2.86. The van der Waals surface area contributed by atoms with Crippen LogP contribution in [0, 0.1) is 19.8 Å². The summed E-state index contributed by atoms with van der Waals surface area (Å²) in [5, 5.41) is 4.60. The third kappa shape index (κ3) is 3.02. The number of rotatable bonds is 5. The predicted octanol–water partition coefficient (Wildman–Crippen LogP) is 3.46. The Morgan fingerprint density at radius 2 is 2.07 bits per heavy atom. The van der Waals surface area contributed by atoms with Crippen LogP contribution in [0.3, 0.4) is 0 Å². The Labute approximate surface area is 97.1 Å². The van der Waals surface area contributed by atoms with Gasteiger partial charge in [0.15, 0.2) is 0 Å². The largest absolute Gasteiger partial charge is 0.312 e. The van der Waals surface area contributed by atoms with Gasteiger partial charge in [-0.1, -0.05) is 20.3 Å². The quantitative estimate of drug-likeness (QED) is 0.831. The van der Waals surface area contributed by atoms with E-state index in [1.807, 2.05) is 18.4 Å². The van der Waals surface area contributed by atoms with Crippen LogP contribution in [0.25, 0.3) is 0 Å². The molecule has 0 radical (unpaired) electrons. The Kier molecular flexibility index (Phi) is 4.74. The average Bonchev–Trinajstić information content (AvgIpc) is 2.47. The number of nitrogens with zero attached hydrogens (tertiary/aromatic N) is 1. The molecule has 0 amide bonds. The van der Waals surface area contributed by atoms with Crippen molar-refractivity contribution in [3.05, 3.63) is 15.6 Å². The maximum absolute atomic E-state index is 4.50. The fourth-order valence-corrected chi connectivity index (χ4v) is 3.30. The van der Waals surface area contributed by atoms with Gasteiger partial charge in [0.1, 0.15) is 0 Å². The standard InChI is InChI=1S/C12H22N2S/c1-6-7-8(2)11(13-5)12-9(3)14-10(4)15-12/h8,11,13H,6-7H2,1-5H3. The maximum Gasteiger partial charge on any atom is 0.0900 e. The highest BCUT2D eigenvalue weighted by molar-refractivity contribution is 7.11. The highest BCUT2D eigenvalue weighted by atomic mass is 32.1. The van der Waals surface area contributed by atoms with E-state index in [1.165, 1.54) is 28.4 Å². The van der Waals surface area contributed by atoms with E-state index in [1.54, 1.807) is 0 Å². The number of hydrogen-bond donors (Lipinski definition) is 1. The minimum absolute atomic E-state index is 0.469. The van der Waals surface area contributed by atoms with Crippen LogP contribution in [0.15, 0.2) is 0 Å². The van der Waals surface area contributed by atoms with Crippen LogP contribution in [0.2, 0.25) is 0 Å². The first-order chi connectivity index (χ1) is 7.10. The topological polar surface area (TPSA) is 24.9 Å². The van der Waals surface area contributed by atoms with Crippen molar-refractivity contribution in [2.75, 3.05) is 7.05 Å². The van der Waals surface area contributed by atoms with E-state index in [4.69, 9.17) is 0 Å². The van der Waals surface area contributed by atoms with Gasteiger partial charge < -0.3 is 5.32 Å². The Hall–Kier alpha value is -0.410. The molecule has 1 aromatic rings. The Morgan fingerprint density at radius 3 is 2.47 bits per heavy atom. The van der Waals surface area contributed by atoms with E-state index < -0.39 is 0 Å². The third-order valence-electron chi connectivity index (χ3n) is 2.85. The first-order valence-corrected chi connectivity index (χ1v) is 6.53. The lowest BCUT2D eigenvalue weighted by Crippen LogP contribution is -2.23. The van der Waals surface area contributed by atoms with E-state index in [-0.39, 0.29) is 0 Å². The Bertz CT molecular complexity index is 307. The fourth-order valence-electron chi connectivity index (χ4n) is 2.13. The van der Waals surface area contributed by atoms with Gasteiger partial charge in [-0.25, -0.2) is 4.98 Å². The molecule has 0 saturated heterocycles. The lowest BCUT2D eigenvalue weighted by Gasteiger charge is -2.22. The maximum atomic E-state index is 4.50. The van der Waals surface area contributed by atoms with Crippen molar-refractivity contribution in [2.24, 2.45) is 5.92 Å². The van der Waals surface area contributed by atoms with Crippen molar-refractivity contribution in [1.29, 1.82) is 0 Å². The number of nitrogens with one attached hydrogen (secondary N) is 1. The van der Waals surface area contributed by atoms with E-state index in [9.17, 15) is 0 Å². The van der Waals surface area contributed by atoms with Crippen molar-refractivity contribution in [3.8, 4) is 0 Å². The van der Waals surface area contributed by atoms with Crippen molar-refractivity contribution in [3.63, 3.8) is 0 Å². The van der Waals surface area contributed by atoms with Crippen molar-refractivity contribution >= 4 is 11.3 Å². The molecule has 1 heterocycles. The van der Waals surface area contributed by atoms with Crippen LogP contribution in [0.1, 0.15) is 48.3 Å². The van der Waals surface area contributed by atoms with Gasteiger partial charge in [0, 0.05) is 10.9 Å². The summed E-state index contributed by atoms with van der Waals surface area (Å²) >= 11 is 1.83. The molecule has 2 atom stereocenters. The molecular weight excluding hydrogens is 204 g/mol. The predicted molar refractivity (Wildman–Crippen MR) is 67.5 cm³/mol. The zero-order chi connectivity index (χ0) is 11.4. The van der Waals surface area contributed by atoms with Gasteiger partial charge in [0.25, 0.3) is 0 Å². The molecule has 0 bridgehead atoms. The number of thiazole rings is 1. The molecule has 0 spiro atoms. The lowest BCUT2D eigenvalue weighted by atomic mass is 9.95. The second-order valence-corrected chi connectivity index (χ2v) is 5.45. The van der Waals surface area contributed by atoms with Gasteiger partial charge in [0.05, 0.1) is 10.7 Å². The molecule has 0 saturated carbocycles. The summed E-state index contributed by atoms with van der Waals surface area (Å²) in [6.45, 7) is 8.76. The third-order valence-corrected chi connectivity index (χ3v) is 4.00. The smallest absolute Gasteiger partial charge is 0.0900 e. The first-order valence-electron chi connectivity index (χ1n) is 5.71. The molecule has 0 aromatic carbocycles. The molecule has 15 heavy (non-hydrogen) atoms. The second-order valence-electron chi connectivity index (χ2n) is 4.21. The summed E-state index contributed by atoms with van der Waals surface area (Å²) in [6, 6.07) is 0.469. The van der Waals surface area contributed by atoms with Crippen LogP contribution < -0.4 is 5.32 Å². The molecule has 2 nitrogen and oxygen atoms in total. The van der Waals surface area contributed by atoms with Gasteiger partial charge in [-0.15, -0.1) is 11.3 Å². The monoisotopic (exact) mass is 226 g/mol. The molecule has 2 unspecified atom stereocenters. The molecule has 0 aliphatic rings. The van der Waals surface area contributed by atoms with Gasteiger partial charge in [-0.05, 0) is 33.2 Å². The Morgan fingerprint density at radius 1 is 1.40 bits per heavy atom. The first kappa shape index (κ1) is 12.7. The minimum atomic E-state index is 0.469. The number of aromatic nitrogens is 1. The highest BCUT2D eigenvalue weighted by Gasteiger charge is 2.21. The van der Waals surface area contributed by atoms with E-state index in [2.05, 4.69) is 38.0 Å². The molecule has 1 N–H and O–H groups in total. The molecule has 1 aromatic heterocycles. The van der Waals surface area contributed by atoms with E-state index in [0.29, 0.717) is 12.0 Å². The van der Waals surface area contributed by atoms with Gasteiger partial charge in [-0.3, -0.25) is 0 Å². The normalized spacial score (nSPS) is 15.3. The zero-order valence-electron chi connectivity index (χ0n) is 10.4. The van der Waals surface area contributed by atoms with Crippen LogP contribution in [0.5, 0.6) is 0 Å². The summed E-state index contributed by atoms with van der Waals surface area (Å²) in [5.41, 5.74) is 1.19. The van der Waals surface area contributed by atoms with Crippen LogP contribution >= 0.6 is 11.3 Å². The molecular formula is C12H22N2S. The summed E-state index contributed by atoms with van der Waals surface area (Å²) in [4.78, 5) is 5.91. The SMILES string of the molecule is CCCC(C)C(NC)c1sc(C)nc1C. The molecule has 0 aliphatic heterocycles. The summed E-state index contributed by atoms with van der Waals surface area (Å²) in [7, 11) is 2.05. The molecule has 0 aliphatic carbocycles. The van der Waals surface area contributed by atoms with Crippen molar-refractivity contribution in [2.45, 2.75) is 46.6 Å². The highest BCUT2D eigenvalue weighted by Crippen LogP contribution is 2.31. The van der Waals surface area contributed by atoms with Crippen LogP contribution in [0.4, 0.5) is 0 Å². The second kappa shape index (κ2) is 5.61.